The third kappa shape index (κ3) is 4.35. The third-order valence-electron chi connectivity index (χ3n) is 3.39. The van der Waals surface area contributed by atoms with Gasteiger partial charge >= 0.3 is 5.97 Å². The van der Waals surface area contributed by atoms with E-state index in [2.05, 4.69) is 5.32 Å². The number of nitrogens with one attached hydrogen (secondary N) is 1. The van der Waals surface area contributed by atoms with Gasteiger partial charge in [-0.3, -0.25) is 9.59 Å². The van der Waals surface area contributed by atoms with Gasteiger partial charge < -0.3 is 30.4 Å². The molecule has 2 amide bonds. The molecular formula is C15H18N2O7. The second-order valence-corrected chi connectivity index (χ2v) is 5.14. The summed E-state index contributed by atoms with van der Waals surface area (Å²) in [5, 5.41) is 11.5. The van der Waals surface area contributed by atoms with Crippen LogP contribution in [0.25, 0.3) is 0 Å². The van der Waals surface area contributed by atoms with Crippen molar-refractivity contribution < 1.29 is 33.7 Å². The first kappa shape index (κ1) is 17.5. The van der Waals surface area contributed by atoms with E-state index in [-0.39, 0.29) is 18.8 Å². The van der Waals surface area contributed by atoms with Crippen LogP contribution in [0, 0.1) is 0 Å². The average Bonchev–Trinajstić information content (AvgIpc) is 3.03. The Labute approximate surface area is 137 Å². The number of aliphatic carboxylic acids is 1. The Kier molecular flexibility index (Phi) is 5.59. The average molecular weight is 338 g/mol. The van der Waals surface area contributed by atoms with Gasteiger partial charge in [-0.25, -0.2) is 4.79 Å². The first-order chi connectivity index (χ1) is 11.4. The highest BCUT2D eigenvalue weighted by Gasteiger charge is 2.34. The molecule has 0 bridgehead atoms. The lowest BCUT2D eigenvalue weighted by Crippen LogP contribution is -2.29. The van der Waals surface area contributed by atoms with Crippen molar-refractivity contribution in [1.29, 1.82) is 0 Å². The fraction of sp³-hybridized carbons (Fsp3) is 0.400. The van der Waals surface area contributed by atoms with Crippen LogP contribution >= 0.6 is 0 Å². The number of methoxy groups -OCH3 is 1. The van der Waals surface area contributed by atoms with Crippen LogP contribution in [-0.4, -0.2) is 48.8 Å². The van der Waals surface area contributed by atoms with Gasteiger partial charge in [0.15, 0.2) is 24.2 Å². The molecule has 1 aromatic rings. The molecule has 0 spiro atoms. The van der Waals surface area contributed by atoms with Crippen molar-refractivity contribution in [2.45, 2.75) is 25.0 Å². The van der Waals surface area contributed by atoms with E-state index in [4.69, 9.17) is 25.1 Å². The Hall–Kier alpha value is -2.81. The zero-order valence-corrected chi connectivity index (χ0v) is 13.0. The molecule has 0 aromatic heterocycles. The molecule has 1 fully saturated rings. The van der Waals surface area contributed by atoms with E-state index < -0.39 is 30.0 Å². The molecule has 4 N–H and O–H groups in total. The topological polar surface area (TPSA) is 137 Å². The number of nitrogens with two attached hydrogens (primary N) is 1. The zero-order chi connectivity index (χ0) is 17.7. The molecule has 0 aliphatic carbocycles. The molecule has 130 valence electrons. The van der Waals surface area contributed by atoms with E-state index in [0.29, 0.717) is 17.9 Å². The second kappa shape index (κ2) is 7.64. The van der Waals surface area contributed by atoms with Crippen LogP contribution in [0.1, 0.15) is 12.8 Å². The molecule has 0 radical (unpaired) electrons. The molecule has 1 saturated heterocycles. The SMILES string of the molecule is COc1ccc(NC(=O)[C@@H]2CC[C@H](C(=O)O)O2)cc1OCC(N)=O. The maximum atomic E-state index is 12.1. The molecule has 2 atom stereocenters. The lowest BCUT2D eigenvalue weighted by atomic mass is 10.2. The number of primary amides is 1. The number of ether oxygens (including phenoxy) is 3. The van der Waals surface area contributed by atoms with Gasteiger partial charge in [0.2, 0.25) is 0 Å². The fourth-order valence-electron chi connectivity index (χ4n) is 2.25. The van der Waals surface area contributed by atoms with E-state index >= 15 is 0 Å². The first-order valence-electron chi connectivity index (χ1n) is 7.19. The minimum Gasteiger partial charge on any atom is -0.493 e. The molecule has 2 rings (SSSR count). The van der Waals surface area contributed by atoms with Gasteiger partial charge in [-0.2, -0.15) is 0 Å². The smallest absolute Gasteiger partial charge is 0.332 e. The zero-order valence-electron chi connectivity index (χ0n) is 13.0. The predicted octanol–water partition coefficient (Wildman–Crippen LogP) is 0.130. The minimum atomic E-state index is -1.09. The maximum absolute atomic E-state index is 12.1. The lowest BCUT2D eigenvalue weighted by molar-refractivity contribution is -0.150. The van der Waals surface area contributed by atoms with Crippen LogP contribution in [-0.2, 0) is 19.1 Å². The van der Waals surface area contributed by atoms with Crippen molar-refractivity contribution in [3.05, 3.63) is 18.2 Å². The Morgan fingerprint density at radius 1 is 1.29 bits per heavy atom. The van der Waals surface area contributed by atoms with Crippen LogP contribution in [0.5, 0.6) is 11.5 Å². The van der Waals surface area contributed by atoms with E-state index in [1.54, 1.807) is 12.1 Å². The highest BCUT2D eigenvalue weighted by molar-refractivity contribution is 5.95. The first-order valence-corrected chi connectivity index (χ1v) is 7.19. The van der Waals surface area contributed by atoms with Gasteiger partial charge in [-0.05, 0) is 25.0 Å². The number of rotatable bonds is 7. The quantitative estimate of drug-likeness (QED) is 0.642. The monoisotopic (exact) mass is 338 g/mol. The van der Waals surface area contributed by atoms with Gasteiger partial charge in [0.1, 0.15) is 6.10 Å². The van der Waals surface area contributed by atoms with Gasteiger partial charge in [0, 0.05) is 11.8 Å². The number of anilines is 1. The van der Waals surface area contributed by atoms with Crippen LogP contribution in [0.2, 0.25) is 0 Å². The van der Waals surface area contributed by atoms with E-state index in [1.165, 1.54) is 13.2 Å². The van der Waals surface area contributed by atoms with Crippen molar-refractivity contribution in [2.24, 2.45) is 5.73 Å². The molecule has 24 heavy (non-hydrogen) atoms. The van der Waals surface area contributed by atoms with Crippen molar-refractivity contribution in [2.75, 3.05) is 19.0 Å². The number of carbonyl (C=O) groups is 3. The second-order valence-electron chi connectivity index (χ2n) is 5.14. The molecule has 1 aromatic carbocycles. The maximum Gasteiger partial charge on any atom is 0.332 e. The Bertz CT molecular complexity index is 647. The highest BCUT2D eigenvalue weighted by atomic mass is 16.5. The fourth-order valence-corrected chi connectivity index (χ4v) is 2.25. The summed E-state index contributed by atoms with van der Waals surface area (Å²) in [5.74, 6) is -1.57. The Morgan fingerprint density at radius 2 is 2.00 bits per heavy atom. The molecule has 0 unspecified atom stereocenters. The summed E-state index contributed by atoms with van der Waals surface area (Å²) in [6.45, 7) is -0.334. The van der Waals surface area contributed by atoms with E-state index in [0.717, 1.165) is 0 Å². The molecule has 9 nitrogen and oxygen atoms in total. The van der Waals surface area contributed by atoms with Crippen LogP contribution in [0.4, 0.5) is 5.69 Å². The van der Waals surface area contributed by atoms with E-state index in [1.807, 2.05) is 0 Å². The number of hydrogen-bond donors (Lipinski definition) is 3. The third-order valence-corrected chi connectivity index (χ3v) is 3.39. The van der Waals surface area contributed by atoms with E-state index in [9.17, 15) is 14.4 Å². The Balaban J connectivity index is 2.04. The largest absolute Gasteiger partial charge is 0.493 e. The van der Waals surface area contributed by atoms with Gasteiger partial charge in [0.05, 0.1) is 7.11 Å². The summed E-state index contributed by atoms with van der Waals surface area (Å²) < 4.78 is 15.5. The van der Waals surface area contributed by atoms with Crippen LogP contribution in [0.3, 0.4) is 0 Å². The van der Waals surface area contributed by atoms with Crippen molar-refractivity contribution in [1.82, 2.24) is 0 Å². The molecule has 0 saturated carbocycles. The van der Waals surface area contributed by atoms with Crippen LogP contribution in [0.15, 0.2) is 18.2 Å². The summed E-state index contributed by atoms with van der Waals surface area (Å²) in [6, 6.07) is 4.61. The molecule has 1 aliphatic heterocycles. The van der Waals surface area contributed by atoms with Crippen molar-refractivity contribution in [3.8, 4) is 11.5 Å². The number of carbonyl (C=O) groups excluding carboxylic acids is 2. The number of benzene rings is 1. The number of hydrogen-bond acceptors (Lipinski definition) is 6. The summed E-state index contributed by atoms with van der Waals surface area (Å²) in [5.41, 5.74) is 5.42. The molecule has 1 aliphatic rings. The summed E-state index contributed by atoms with van der Waals surface area (Å²) in [7, 11) is 1.43. The molecule has 1 heterocycles. The summed E-state index contributed by atoms with van der Waals surface area (Å²) >= 11 is 0. The predicted molar refractivity (Wildman–Crippen MR) is 81.8 cm³/mol. The van der Waals surface area contributed by atoms with Gasteiger partial charge in [0.25, 0.3) is 11.8 Å². The summed E-state index contributed by atoms with van der Waals surface area (Å²) in [4.78, 5) is 33.8. The Morgan fingerprint density at radius 3 is 2.58 bits per heavy atom. The van der Waals surface area contributed by atoms with Gasteiger partial charge in [-0.15, -0.1) is 0 Å². The van der Waals surface area contributed by atoms with Crippen molar-refractivity contribution >= 4 is 23.5 Å². The number of carboxylic acid groups (broad SMARTS) is 1. The molecule has 9 heteroatoms. The molecular weight excluding hydrogens is 320 g/mol. The number of carboxylic acids is 1. The standard InChI is InChI=1S/C15H18N2O7/c1-22-9-3-2-8(6-12(9)23-7-13(16)18)17-14(19)10-4-5-11(24-10)15(20)21/h2-3,6,10-11H,4-5,7H2,1H3,(H2,16,18)(H,17,19)(H,20,21)/t10-,11+/m0/s1. The normalized spacial score (nSPS) is 19.5. The summed E-state index contributed by atoms with van der Waals surface area (Å²) in [6.07, 6.45) is -1.19. The number of amides is 2. The highest BCUT2D eigenvalue weighted by Crippen LogP contribution is 2.30. The van der Waals surface area contributed by atoms with Crippen molar-refractivity contribution in [3.63, 3.8) is 0 Å². The van der Waals surface area contributed by atoms with Gasteiger partial charge in [-0.1, -0.05) is 0 Å². The lowest BCUT2D eigenvalue weighted by Gasteiger charge is -2.14. The minimum absolute atomic E-state index is 0.241. The van der Waals surface area contributed by atoms with Crippen LogP contribution < -0.4 is 20.5 Å².